The van der Waals surface area contributed by atoms with Crippen LogP contribution in [-0.4, -0.2) is 45.8 Å². The van der Waals surface area contributed by atoms with E-state index in [0.717, 1.165) is 47.5 Å². The number of piperidine rings is 1. The molecule has 0 bridgehead atoms. The van der Waals surface area contributed by atoms with Gasteiger partial charge in [-0.2, -0.15) is 0 Å². The number of fused-ring (bicyclic) bond motifs is 2. The molecule has 3 aromatic rings. The molecule has 2 aromatic heterocycles. The number of ether oxygens (including phenoxy) is 1. The van der Waals surface area contributed by atoms with Crippen molar-refractivity contribution >= 4 is 34.4 Å². The SMILES string of the molecule is CC(C)(C)OC(=O)N[C@H]1CCCN(c2cnc3c(n2)N(Cc2ccc4ncccc4c2)NN3)C1. The van der Waals surface area contributed by atoms with Gasteiger partial charge in [0.25, 0.3) is 0 Å². The molecule has 34 heavy (non-hydrogen) atoms. The van der Waals surface area contributed by atoms with Gasteiger partial charge in [0.05, 0.1) is 18.3 Å². The predicted octanol–water partition coefficient (Wildman–Crippen LogP) is 3.37. The van der Waals surface area contributed by atoms with Gasteiger partial charge in [0.2, 0.25) is 0 Å². The number of hydrogen-bond acceptors (Lipinski definition) is 9. The lowest BCUT2D eigenvalue weighted by Crippen LogP contribution is -2.49. The van der Waals surface area contributed by atoms with Crippen LogP contribution < -0.4 is 26.2 Å². The number of nitrogens with zero attached hydrogens (tertiary/aromatic N) is 5. The van der Waals surface area contributed by atoms with Crippen LogP contribution in [0.25, 0.3) is 10.9 Å². The summed E-state index contributed by atoms with van der Waals surface area (Å²) in [6.45, 7) is 7.73. The number of hydrazine groups is 2. The summed E-state index contributed by atoms with van der Waals surface area (Å²) >= 11 is 0. The Morgan fingerprint density at radius 3 is 3.00 bits per heavy atom. The minimum Gasteiger partial charge on any atom is -0.444 e. The fourth-order valence-corrected chi connectivity index (χ4v) is 4.27. The molecule has 1 fully saturated rings. The van der Waals surface area contributed by atoms with Crippen LogP contribution in [0, 0.1) is 0 Å². The van der Waals surface area contributed by atoms with Gasteiger partial charge in [-0.3, -0.25) is 15.4 Å². The lowest BCUT2D eigenvalue weighted by atomic mass is 10.1. The third kappa shape index (κ3) is 4.96. The Labute approximate surface area is 198 Å². The molecule has 2 aliphatic rings. The van der Waals surface area contributed by atoms with Crippen molar-refractivity contribution in [2.45, 2.75) is 51.8 Å². The van der Waals surface area contributed by atoms with Crippen molar-refractivity contribution in [3.63, 3.8) is 0 Å². The number of carbonyl (C=O) groups is 1. The Morgan fingerprint density at radius 2 is 2.15 bits per heavy atom. The number of aromatic nitrogens is 3. The molecule has 0 spiro atoms. The molecule has 178 valence electrons. The van der Waals surface area contributed by atoms with Crippen molar-refractivity contribution in [2.75, 3.05) is 28.4 Å². The van der Waals surface area contributed by atoms with Crippen LogP contribution in [0.4, 0.5) is 22.2 Å². The molecule has 1 aromatic carbocycles. The summed E-state index contributed by atoms with van der Waals surface area (Å²) in [5.41, 5.74) is 7.84. The van der Waals surface area contributed by atoms with Crippen molar-refractivity contribution in [3.8, 4) is 0 Å². The number of amides is 1. The zero-order chi connectivity index (χ0) is 23.7. The molecular weight excluding hydrogens is 432 g/mol. The lowest BCUT2D eigenvalue weighted by molar-refractivity contribution is 0.0500. The molecule has 0 radical (unpaired) electrons. The largest absolute Gasteiger partial charge is 0.444 e. The number of nitrogens with one attached hydrogen (secondary N) is 3. The van der Waals surface area contributed by atoms with Crippen LogP contribution in [0.1, 0.15) is 39.2 Å². The Kier molecular flexibility index (Phi) is 5.82. The number of hydrogen-bond donors (Lipinski definition) is 3. The first-order valence-corrected chi connectivity index (χ1v) is 11.6. The van der Waals surface area contributed by atoms with Gasteiger partial charge in [-0.15, -0.1) is 5.53 Å². The average molecular weight is 463 g/mol. The number of rotatable bonds is 4. The van der Waals surface area contributed by atoms with Crippen LogP contribution in [0.15, 0.2) is 42.7 Å². The van der Waals surface area contributed by atoms with Gasteiger partial charge in [0.15, 0.2) is 11.6 Å². The summed E-state index contributed by atoms with van der Waals surface area (Å²) in [5.74, 6) is 2.21. The predicted molar refractivity (Wildman–Crippen MR) is 131 cm³/mol. The van der Waals surface area contributed by atoms with Crippen LogP contribution in [0.3, 0.4) is 0 Å². The molecule has 1 atom stereocenters. The van der Waals surface area contributed by atoms with Gasteiger partial charge >= 0.3 is 6.09 Å². The molecule has 2 aliphatic heterocycles. The molecular formula is C24H30N8O2. The summed E-state index contributed by atoms with van der Waals surface area (Å²) in [6, 6.07) is 10.2. The van der Waals surface area contributed by atoms with E-state index in [1.807, 2.05) is 37.9 Å². The van der Waals surface area contributed by atoms with Crippen LogP contribution >= 0.6 is 0 Å². The first-order valence-electron chi connectivity index (χ1n) is 11.6. The maximum absolute atomic E-state index is 12.2. The fourth-order valence-electron chi connectivity index (χ4n) is 4.27. The lowest BCUT2D eigenvalue weighted by Gasteiger charge is -2.34. The second kappa shape index (κ2) is 8.94. The molecule has 0 aliphatic carbocycles. The maximum atomic E-state index is 12.2. The molecule has 0 saturated carbocycles. The van der Waals surface area contributed by atoms with Crippen molar-refractivity contribution in [1.29, 1.82) is 0 Å². The molecule has 1 amide bonds. The van der Waals surface area contributed by atoms with Gasteiger partial charge in [0.1, 0.15) is 11.4 Å². The van der Waals surface area contributed by atoms with E-state index >= 15 is 0 Å². The number of benzene rings is 1. The molecule has 10 nitrogen and oxygen atoms in total. The summed E-state index contributed by atoms with van der Waals surface area (Å²) in [5, 5.41) is 6.04. The van der Waals surface area contributed by atoms with Gasteiger partial charge in [-0.05, 0) is 57.4 Å². The molecule has 10 heteroatoms. The van der Waals surface area contributed by atoms with E-state index in [2.05, 4.69) is 49.3 Å². The zero-order valence-electron chi connectivity index (χ0n) is 19.7. The summed E-state index contributed by atoms with van der Waals surface area (Å²) in [7, 11) is 0. The number of alkyl carbamates (subject to hydrolysis) is 1. The highest BCUT2D eigenvalue weighted by Crippen LogP contribution is 2.29. The minimum absolute atomic E-state index is 0.00258. The fraction of sp³-hybridized carbons (Fsp3) is 0.417. The molecule has 1 saturated heterocycles. The summed E-state index contributed by atoms with van der Waals surface area (Å²) in [4.78, 5) is 28.2. The summed E-state index contributed by atoms with van der Waals surface area (Å²) in [6.07, 6.45) is 5.04. The molecule has 3 N–H and O–H groups in total. The topological polar surface area (TPSA) is 108 Å². The maximum Gasteiger partial charge on any atom is 0.407 e. The Balaban J connectivity index is 1.28. The molecule has 0 unspecified atom stereocenters. The van der Waals surface area contributed by atoms with Crippen LogP contribution in [-0.2, 0) is 11.3 Å². The Bertz CT molecular complexity index is 1200. The van der Waals surface area contributed by atoms with Crippen molar-refractivity contribution in [2.24, 2.45) is 0 Å². The molecule has 5 rings (SSSR count). The smallest absolute Gasteiger partial charge is 0.407 e. The van der Waals surface area contributed by atoms with Gasteiger partial charge in [-0.25, -0.2) is 14.8 Å². The molecule has 4 heterocycles. The van der Waals surface area contributed by atoms with Crippen molar-refractivity contribution < 1.29 is 9.53 Å². The van der Waals surface area contributed by atoms with Crippen LogP contribution in [0.5, 0.6) is 0 Å². The van der Waals surface area contributed by atoms with E-state index < -0.39 is 5.60 Å². The van der Waals surface area contributed by atoms with Gasteiger partial charge in [0, 0.05) is 30.7 Å². The highest BCUT2D eigenvalue weighted by Gasteiger charge is 2.28. The van der Waals surface area contributed by atoms with E-state index in [-0.39, 0.29) is 12.1 Å². The number of anilines is 3. The quantitative estimate of drug-likeness (QED) is 0.538. The monoisotopic (exact) mass is 462 g/mol. The van der Waals surface area contributed by atoms with Crippen LogP contribution in [0.2, 0.25) is 0 Å². The third-order valence-electron chi connectivity index (χ3n) is 5.78. The van der Waals surface area contributed by atoms with E-state index in [1.165, 1.54) is 0 Å². The number of carbonyl (C=O) groups excluding carboxylic acids is 1. The van der Waals surface area contributed by atoms with Gasteiger partial charge < -0.3 is 15.0 Å². The van der Waals surface area contributed by atoms with Crippen molar-refractivity contribution in [1.82, 2.24) is 25.8 Å². The van der Waals surface area contributed by atoms with Crippen molar-refractivity contribution in [3.05, 3.63) is 48.3 Å². The first-order chi connectivity index (χ1) is 16.3. The third-order valence-corrected chi connectivity index (χ3v) is 5.78. The van der Waals surface area contributed by atoms with E-state index in [9.17, 15) is 4.79 Å². The van der Waals surface area contributed by atoms with E-state index in [0.29, 0.717) is 18.9 Å². The zero-order valence-corrected chi connectivity index (χ0v) is 19.7. The highest BCUT2D eigenvalue weighted by molar-refractivity contribution is 5.79. The first kappa shape index (κ1) is 22.1. The minimum atomic E-state index is -0.519. The second-order valence-corrected chi connectivity index (χ2v) is 9.69. The highest BCUT2D eigenvalue weighted by atomic mass is 16.6. The Hall–Kier alpha value is -3.66. The average Bonchev–Trinajstić information content (AvgIpc) is 3.20. The van der Waals surface area contributed by atoms with E-state index in [4.69, 9.17) is 9.72 Å². The van der Waals surface area contributed by atoms with Gasteiger partial charge in [-0.1, -0.05) is 12.1 Å². The Morgan fingerprint density at radius 1 is 1.26 bits per heavy atom. The number of pyridine rings is 1. The second-order valence-electron chi connectivity index (χ2n) is 9.69. The summed E-state index contributed by atoms with van der Waals surface area (Å²) < 4.78 is 5.42. The normalized spacial score (nSPS) is 17.9. The standard InChI is InChI=1S/C24H30N8O2/c1-24(2,3)34-23(33)27-18-7-5-11-31(15-18)20-13-26-21-22(28-20)32(30-29-21)14-16-8-9-19-17(12-16)6-4-10-25-19/h4,6,8-10,12-13,18,30H,5,7,11,14-15H2,1-3H3,(H,26,29)(H,27,33)/t18-/m0/s1. The van der Waals surface area contributed by atoms with E-state index in [1.54, 1.807) is 12.4 Å².